The third kappa shape index (κ3) is 5.26. The van der Waals surface area contributed by atoms with Crippen molar-refractivity contribution >= 4 is 39.8 Å². The number of amides is 1. The quantitative estimate of drug-likeness (QED) is 0.326. The van der Waals surface area contributed by atoms with Crippen molar-refractivity contribution in [3.05, 3.63) is 76.6 Å². The molecule has 2 heterocycles. The van der Waals surface area contributed by atoms with Crippen molar-refractivity contribution in [2.24, 2.45) is 4.99 Å². The third-order valence-electron chi connectivity index (χ3n) is 8.02. The first kappa shape index (κ1) is 24.5. The fourth-order valence-electron chi connectivity index (χ4n) is 6.05. The number of hydrogen-bond acceptors (Lipinski definition) is 3. The predicted molar refractivity (Wildman–Crippen MR) is 151 cm³/mol. The number of halogens is 1. The Morgan fingerprint density at radius 2 is 1.62 bits per heavy atom. The van der Waals surface area contributed by atoms with Gasteiger partial charge in [-0.1, -0.05) is 68.9 Å². The minimum atomic E-state index is -0.225. The van der Waals surface area contributed by atoms with E-state index < -0.39 is 0 Å². The molecule has 3 fully saturated rings. The molecule has 0 unspecified atom stereocenters. The average molecular weight is 516 g/mol. The van der Waals surface area contributed by atoms with Gasteiger partial charge in [0.15, 0.2) is 5.17 Å². The van der Waals surface area contributed by atoms with Crippen LogP contribution in [0, 0.1) is 5.82 Å². The topological polar surface area (TPSA) is 37.6 Å². The summed E-state index contributed by atoms with van der Waals surface area (Å²) in [6.07, 6.45) is 16.0. The second-order valence-electron chi connectivity index (χ2n) is 10.6. The molecule has 0 radical (unpaired) electrons. The van der Waals surface area contributed by atoms with E-state index in [1.165, 1.54) is 50.7 Å². The molecule has 1 amide bonds. The molecule has 6 rings (SSSR count). The molecule has 0 N–H and O–H groups in total. The van der Waals surface area contributed by atoms with Crippen LogP contribution >= 0.6 is 11.8 Å². The van der Waals surface area contributed by atoms with Crippen LogP contribution in [-0.2, 0) is 11.3 Å². The van der Waals surface area contributed by atoms with Gasteiger partial charge in [0.1, 0.15) is 5.82 Å². The number of aliphatic imine (C=N–C) groups is 1. The lowest BCUT2D eigenvalue weighted by Crippen LogP contribution is -2.41. The average Bonchev–Trinajstić information content (AvgIpc) is 3.43. The molecule has 4 nitrogen and oxygen atoms in total. The summed E-state index contributed by atoms with van der Waals surface area (Å²) in [7, 11) is 0. The van der Waals surface area contributed by atoms with Gasteiger partial charge in [0.25, 0.3) is 5.91 Å². The van der Waals surface area contributed by atoms with Gasteiger partial charge in [0, 0.05) is 35.2 Å². The van der Waals surface area contributed by atoms with Gasteiger partial charge >= 0.3 is 0 Å². The van der Waals surface area contributed by atoms with E-state index in [1.54, 1.807) is 11.8 Å². The lowest BCUT2D eigenvalue weighted by atomic mass is 9.94. The SMILES string of the molecule is O=C1C(=Cc2cn(Cc3ccc(F)cc3)c3ccccc23)SC(=NC2CCCCC2)N1C1CCCCC1. The standard InChI is InChI=1S/C31H34FN3OS/c32-24-17-15-22(16-18-24)20-34-21-23(27-13-7-8-14-28(27)34)19-29-30(36)35(26-11-5-2-6-12-26)31(37-29)33-25-9-3-1-4-10-25/h7-8,13-19,21,25-26H,1-6,9-12,20H2. The summed E-state index contributed by atoms with van der Waals surface area (Å²) < 4.78 is 15.6. The number of amidine groups is 1. The van der Waals surface area contributed by atoms with Gasteiger partial charge in [-0.15, -0.1) is 0 Å². The lowest BCUT2D eigenvalue weighted by Gasteiger charge is -2.31. The zero-order valence-electron chi connectivity index (χ0n) is 21.2. The summed E-state index contributed by atoms with van der Waals surface area (Å²) >= 11 is 1.57. The van der Waals surface area contributed by atoms with Gasteiger partial charge in [-0.25, -0.2) is 4.39 Å². The summed E-state index contributed by atoms with van der Waals surface area (Å²) in [5.41, 5.74) is 3.18. The van der Waals surface area contributed by atoms with Crippen LogP contribution in [0.5, 0.6) is 0 Å². The summed E-state index contributed by atoms with van der Waals surface area (Å²) in [5, 5.41) is 2.04. The Morgan fingerprint density at radius 1 is 0.919 bits per heavy atom. The summed E-state index contributed by atoms with van der Waals surface area (Å²) in [5.74, 6) is -0.113. The molecule has 1 aliphatic heterocycles. The van der Waals surface area contributed by atoms with Gasteiger partial charge in [-0.2, -0.15) is 0 Å². The van der Waals surface area contributed by atoms with Gasteiger partial charge in [0.2, 0.25) is 0 Å². The first-order valence-corrected chi connectivity index (χ1v) is 14.6. The van der Waals surface area contributed by atoms with Crippen LogP contribution in [-0.4, -0.2) is 32.6 Å². The molecular weight excluding hydrogens is 481 g/mol. The second-order valence-corrected chi connectivity index (χ2v) is 11.6. The largest absolute Gasteiger partial charge is 0.342 e. The number of nitrogens with zero attached hydrogens (tertiary/aromatic N) is 3. The van der Waals surface area contributed by atoms with E-state index in [9.17, 15) is 9.18 Å². The van der Waals surface area contributed by atoms with E-state index in [0.29, 0.717) is 12.6 Å². The smallest absolute Gasteiger partial charge is 0.267 e. The van der Waals surface area contributed by atoms with E-state index in [2.05, 4.69) is 29.0 Å². The lowest BCUT2D eigenvalue weighted by molar-refractivity contribution is -0.124. The number of aromatic nitrogens is 1. The molecule has 2 aromatic carbocycles. The molecule has 3 aliphatic rings. The highest BCUT2D eigenvalue weighted by Crippen LogP contribution is 2.39. The van der Waals surface area contributed by atoms with Gasteiger partial charge in [-0.05, 0) is 67.3 Å². The van der Waals surface area contributed by atoms with Crippen LogP contribution in [0.3, 0.4) is 0 Å². The normalized spacial score (nSPS) is 22.1. The number of benzene rings is 2. The number of fused-ring (bicyclic) bond motifs is 1. The molecule has 2 saturated carbocycles. The van der Waals surface area contributed by atoms with Crippen LogP contribution in [0.2, 0.25) is 0 Å². The molecule has 0 spiro atoms. The Labute approximate surface area is 222 Å². The molecule has 192 valence electrons. The molecule has 0 bridgehead atoms. The number of hydrogen-bond donors (Lipinski definition) is 0. The highest BCUT2D eigenvalue weighted by molar-refractivity contribution is 8.18. The number of rotatable bonds is 5. The number of carbonyl (C=O) groups is 1. The van der Waals surface area contributed by atoms with Crippen molar-refractivity contribution in [1.82, 2.24) is 9.47 Å². The third-order valence-corrected chi connectivity index (χ3v) is 9.01. The Morgan fingerprint density at radius 3 is 2.38 bits per heavy atom. The first-order chi connectivity index (χ1) is 18.2. The summed E-state index contributed by atoms with van der Waals surface area (Å²) in [6.45, 7) is 0.646. The minimum Gasteiger partial charge on any atom is -0.342 e. The van der Waals surface area contributed by atoms with Crippen molar-refractivity contribution < 1.29 is 9.18 Å². The Kier molecular flexibility index (Phi) is 7.18. The molecule has 1 saturated heterocycles. The van der Waals surface area contributed by atoms with E-state index in [-0.39, 0.29) is 17.8 Å². The van der Waals surface area contributed by atoms with Crippen molar-refractivity contribution in [2.45, 2.75) is 82.8 Å². The number of thioether (sulfide) groups is 1. The zero-order chi connectivity index (χ0) is 25.2. The number of para-hydroxylation sites is 1. The second kappa shape index (κ2) is 10.9. The van der Waals surface area contributed by atoms with Crippen LogP contribution in [0.15, 0.2) is 64.6 Å². The Hall–Kier alpha value is -2.86. The molecule has 2 aliphatic carbocycles. The highest BCUT2D eigenvalue weighted by atomic mass is 32.2. The molecule has 1 aromatic heterocycles. The zero-order valence-corrected chi connectivity index (χ0v) is 22.1. The van der Waals surface area contributed by atoms with Crippen LogP contribution < -0.4 is 0 Å². The molecule has 6 heteroatoms. The van der Waals surface area contributed by atoms with Crippen molar-refractivity contribution in [3.63, 3.8) is 0 Å². The minimum absolute atomic E-state index is 0.113. The highest BCUT2D eigenvalue weighted by Gasteiger charge is 2.39. The Balaban J connectivity index is 1.34. The van der Waals surface area contributed by atoms with E-state index >= 15 is 0 Å². The van der Waals surface area contributed by atoms with Crippen molar-refractivity contribution in [2.75, 3.05) is 0 Å². The fraction of sp³-hybridized carbons (Fsp3) is 0.419. The van der Waals surface area contributed by atoms with Crippen molar-refractivity contribution in [3.8, 4) is 0 Å². The molecule has 3 aromatic rings. The molecular formula is C31H34FN3OS. The van der Waals surface area contributed by atoms with E-state index in [1.807, 2.05) is 29.2 Å². The molecule has 0 atom stereocenters. The molecule has 37 heavy (non-hydrogen) atoms. The predicted octanol–water partition coefficient (Wildman–Crippen LogP) is 7.77. The summed E-state index contributed by atoms with van der Waals surface area (Å²) in [6, 6.07) is 15.6. The van der Waals surface area contributed by atoms with E-state index in [4.69, 9.17) is 4.99 Å². The fourth-order valence-corrected chi connectivity index (χ4v) is 7.15. The van der Waals surface area contributed by atoms with Gasteiger partial charge < -0.3 is 4.57 Å². The Bertz CT molecular complexity index is 1330. The maximum Gasteiger partial charge on any atom is 0.267 e. The van der Waals surface area contributed by atoms with Crippen molar-refractivity contribution in [1.29, 1.82) is 0 Å². The van der Waals surface area contributed by atoms with Gasteiger partial charge in [-0.3, -0.25) is 14.7 Å². The van der Waals surface area contributed by atoms with Crippen LogP contribution in [0.25, 0.3) is 17.0 Å². The van der Waals surface area contributed by atoms with Gasteiger partial charge in [0.05, 0.1) is 10.9 Å². The first-order valence-electron chi connectivity index (χ1n) is 13.8. The van der Waals surface area contributed by atoms with E-state index in [0.717, 1.165) is 57.8 Å². The van der Waals surface area contributed by atoms with Crippen LogP contribution in [0.1, 0.15) is 75.3 Å². The number of carbonyl (C=O) groups excluding carboxylic acids is 1. The maximum absolute atomic E-state index is 13.8. The summed E-state index contributed by atoms with van der Waals surface area (Å²) in [4.78, 5) is 21.8. The van der Waals surface area contributed by atoms with Crippen LogP contribution in [0.4, 0.5) is 4.39 Å². The maximum atomic E-state index is 13.8. The monoisotopic (exact) mass is 515 g/mol.